The second kappa shape index (κ2) is 6.51. The van der Waals surface area contributed by atoms with E-state index in [1.165, 1.54) is 0 Å². The SMILES string of the molecule is O[C@@H]1CNC[C@H]1NCCCN1CCOCC1. The molecule has 5 heteroatoms. The first kappa shape index (κ1) is 12.3. The summed E-state index contributed by atoms with van der Waals surface area (Å²) in [5.74, 6) is 0. The summed E-state index contributed by atoms with van der Waals surface area (Å²) in [4.78, 5) is 2.44. The number of aliphatic hydroxyl groups excluding tert-OH is 1. The normalized spacial score (nSPS) is 32.1. The molecule has 0 bridgehead atoms. The molecule has 2 aliphatic heterocycles. The van der Waals surface area contributed by atoms with Gasteiger partial charge in [0.15, 0.2) is 0 Å². The van der Waals surface area contributed by atoms with Gasteiger partial charge < -0.3 is 20.5 Å². The van der Waals surface area contributed by atoms with Crippen LogP contribution in [0.1, 0.15) is 6.42 Å². The zero-order valence-corrected chi connectivity index (χ0v) is 9.82. The summed E-state index contributed by atoms with van der Waals surface area (Å²) >= 11 is 0. The molecule has 2 aliphatic rings. The van der Waals surface area contributed by atoms with E-state index >= 15 is 0 Å². The summed E-state index contributed by atoms with van der Waals surface area (Å²) < 4.78 is 5.30. The van der Waals surface area contributed by atoms with Crippen molar-refractivity contribution >= 4 is 0 Å². The molecule has 0 radical (unpaired) electrons. The van der Waals surface area contributed by atoms with Gasteiger partial charge in [-0.05, 0) is 19.5 Å². The van der Waals surface area contributed by atoms with Crippen molar-refractivity contribution in [3.05, 3.63) is 0 Å². The Morgan fingerprint density at radius 1 is 1.31 bits per heavy atom. The smallest absolute Gasteiger partial charge is 0.0829 e. The predicted molar refractivity (Wildman–Crippen MR) is 62.5 cm³/mol. The minimum atomic E-state index is -0.219. The van der Waals surface area contributed by atoms with Crippen molar-refractivity contribution in [2.75, 3.05) is 52.5 Å². The zero-order chi connectivity index (χ0) is 11.2. The van der Waals surface area contributed by atoms with Crippen LogP contribution in [0.4, 0.5) is 0 Å². The van der Waals surface area contributed by atoms with E-state index in [9.17, 15) is 5.11 Å². The van der Waals surface area contributed by atoms with Gasteiger partial charge in [-0.3, -0.25) is 4.90 Å². The molecule has 2 rings (SSSR count). The van der Waals surface area contributed by atoms with Gasteiger partial charge in [-0.15, -0.1) is 0 Å². The van der Waals surface area contributed by atoms with Crippen molar-refractivity contribution in [3.63, 3.8) is 0 Å². The number of ether oxygens (including phenoxy) is 1. The molecule has 2 heterocycles. The maximum atomic E-state index is 9.59. The van der Waals surface area contributed by atoms with Crippen molar-refractivity contribution < 1.29 is 9.84 Å². The number of nitrogens with one attached hydrogen (secondary N) is 2. The summed E-state index contributed by atoms with van der Waals surface area (Å²) in [6.07, 6.45) is 0.923. The highest BCUT2D eigenvalue weighted by Gasteiger charge is 2.23. The first-order valence-electron chi connectivity index (χ1n) is 6.28. The lowest BCUT2D eigenvalue weighted by Gasteiger charge is -2.26. The van der Waals surface area contributed by atoms with Crippen LogP contribution in [0.2, 0.25) is 0 Å². The fourth-order valence-electron chi connectivity index (χ4n) is 2.29. The molecule has 0 aromatic rings. The molecule has 94 valence electrons. The Bertz CT molecular complexity index is 198. The molecule has 0 unspecified atom stereocenters. The lowest BCUT2D eigenvalue weighted by Crippen LogP contribution is -2.41. The van der Waals surface area contributed by atoms with E-state index in [-0.39, 0.29) is 12.1 Å². The van der Waals surface area contributed by atoms with Gasteiger partial charge in [0.2, 0.25) is 0 Å². The van der Waals surface area contributed by atoms with E-state index in [1.807, 2.05) is 0 Å². The Balaban J connectivity index is 1.51. The first-order chi connectivity index (χ1) is 7.86. The number of rotatable bonds is 5. The Kier molecular flexibility index (Phi) is 4.99. The average molecular weight is 229 g/mol. The molecular weight excluding hydrogens is 206 g/mol. The highest BCUT2D eigenvalue weighted by Crippen LogP contribution is 2.00. The Labute approximate surface area is 97.1 Å². The fraction of sp³-hybridized carbons (Fsp3) is 1.00. The molecule has 0 aliphatic carbocycles. The van der Waals surface area contributed by atoms with Gasteiger partial charge in [0.1, 0.15) is 0 Å². The molecule has 2 fully saturated rings. The van der Waals surface area contributed by atoms with Gasteiger partial charge in [0.05, 0.1) is 19.3 Å². The van der Waals surface area contributed by atoms with Crippen molar-refractivity contribution in [2.24, 2.45) is 0 Å². The second-order valence-electron chi connectivity index (χ2n) is 4.59. The van der Waals surface area contributed by atoms with Crippen LogP contribution in [-0.4, -0.2) is 74.6 Å². The van der Waals surface area contributed by atoms with Crippen molar-refractivity contribution in [1.82, 2.24) is 15.5 Å². The van der Waals surface area contributed by atoms with Crippen molar-refractivity contribution in [3.8, 4) is 0 Å². The van der Waals surface area contributed by atoms with Gasteiger partial charge in [0.25, 0.3) is 0 Å². The third-order valence-electron chi connectivity index (χ3n) is 3.34. The van der Waals surface area contributed by atoms with Crippen LogP contribution in [0.25, 0.3) is 0 Å². The van der Waals surface area contributed by atoms with Crippen molar-refractivity contribution in [2.45, 2.75) is 18.6 Å². The topological polar surface area (TPSA) is 56.8 Å². The van der Waals surface area contributed by atoms with E-state index < -0.39 is 0 Å². The van der Waals surface area contributed by atoms with Gasteiger partial charge in [-0.25, -0.2) is 0 Å². The summed E-state index contributed by atoms with van der Waals surface area (Å²) in [6, 6.07) is 0.240. The lowest BCUT2D eigenvalue weighted by molar-refractivity contribution is 0.0372. The second-order valence-corrected chi connectivity index (χ2v) is 4.59. The van der Waals surface area contributed by atoms with Crippen LogP contribution < -0.4 is 10.6 Å². The Hall–Kier alpha value is -0.200. The maximum Gasteiger partial charge on any atom is 0.0829 e. The average Bonchev–Trinajstić information content (AvgIpc) is 2.72. The van der Waals surface area contributed by atoms with Gasteiger partial charge in [-0.1, -0.05) is 0 Å². The summed E-state index contributed by atoms with van der Waals surface area (Å²) in [7, 11) is 0. The van der Waals surface area contributed by atoms with Crippen LogP contribution in [0.15, 0.2) is 0 Å². The van der Waals surface area contributed by atoms with Crippen molar-refractivity contribution in [1.29, 1.82) is 0 Å². The number of β-amino-alcohol motifs (C(OH)–C–C–N with tert-alkyl or cyclic N) is 1. The highest BCUT2D eigenvalue weighted by molar-refractivity contribution is 4.86. The number of hydrogen-bond donors (Lipinski definition) is 3. The third-order valence-corrected chi connectivity index (χ3v) is 3.34. The van der Waals surface area contributed by atoms with Crippen LogP contribution in [-0.2, 0) is 4.74 Å². The largest absolute Gasteiger partial charge is 0.390 e. The van der Waals surface area contributed by atoms with E-state index in [0.29, 0.717) is 0 Å². The van der Waals surface area contributed by atoms with Gasteiger partial charge >= 0.3 is 0 Å². The van der Waals surface area contributed by atoms with Crippen LogP contribution in [0.5, 0.6) is 0 Å². The molecule has 0 amide bonds. The van der Waals surface area contributed by atoms with E-state index in [4.69, 9.17) is 4.74 Å². The summed E-state index contributed by atoms with van der Waals surface area (Å²) in [5, 5.41) is 16.2. The number of morpholine rings is 1. The standard InChI is InChI=1S/C11H23N3O2/c15-11-9-12-8-10(11)13-2-1-3-14-4-6-16-7-5-14/h10-13,15H,1-9H2/t10-,11-/m1/s1. The monoisotopic (exact) mass is 229 g/mol. The minimum absolute atomic E-state index is 0.219. The Morgan fingerprint density at radius 3 is 2.81 bits per heavy atom. The number of aliphatic hydroxyl groups is 1. The van der Waals surface area contributed by atoms with E-state index in [1.54, 1.807) is 0 Å². The molecule has 2 saturated heterocycles. The van der Waals surface area contributed by atoms with Crippen LogP contribution >= 0.6 is 0 Å². The van der Waals surface area contributed by atoms with Crippen LogP contribution in [0, 0.1) is 0 Å². The molecule has 2 atom stereocenters. The Morgan fingerprint density at radius 2 is 2.12 bits per heavy atom. The third kappa shape index (κ3) is 3.68. The highest BCUT2D eigenvalue weighted by atomic mass is 16.5. The van der Waals surface area contributed by atoms with E-state index in [2.05, 4.69) is 15.5 Å². The summed E-state index contributed by atoms with van der Waals surface area (Å²) in [5.41, 5.74) is 0. The molecule has 3 N–H and O–H groups in total. The summed E-state index contributed by atoms with van der Waals surface area (Å²) in [6.45, 7) is 7.60. The number of hydrogen-bond acceptors (Lipinski definition) is 5. The van der Waals surface area contributed by atoms with Gasteiger partial charge in [0, 0.05) is 32.2 Å². The maximum absolute atomic E-state index is 9.59. The fourth-order valence-corrected chi connectivity index (χ4v) is 2.29. The zero-order valence-electron chi connectivity index (χ0n) is 9.82. The first-order valence-corrected chi connectivity index (χ1v) is 6.28. The molecule has 5 nitrogen and oxygen atoms in total. The van der Waals surface area contributed by atoms with Crippen LogP contribution in [0.3, 0.4) is 0 Å². The quantitative estimate of drug-likeness (QED) is 0.508. The predicted octanol–water partition coefficient (Wildman–Crippen LogP) is -1.37. The molecule has 0 aromatic heterocycles. The molecule has 0 saturated carbocycles. The molecule has 0 spiro atoms. The molecular formula is C11H23N3O2. The minimum Gasteiger partial charge on any atom is -0.390 e. The van der Waals surface area contributed by atoms with E-state index in [0.717, 1.165) is 58.9 Å². The number of nitrogens with zero attached hydrogens (tertiary/aromatic N) is 1. The van der Waals surface area contributed by atoms with Gasteiger partial charge in [-0.2, -0.15) is 0 Å². The lowest BCUT2D eigenvalue weighted by atomic mass is 10.2. The molecule has 16 heavy (non-hydrogen) atoms. The molecule has 0 aromatic carbocycles.